The Balaban J connectivity index is 2.02. The van der Waals surface area contributed by atoms with Crippen LogP contribution in [0.15, 0.2) is 42.5 Å². The highest BCUT2D eigenvalue weighted by Gasteiger charge is 2.32. The zero-order valence-electron chi connectivity index (χ0n) is 15.5. The Morgan fingerprint density at radius 2 is 1.81 bits per heavy atom. The number of carboxylic acids is 1. The summed E-state index contributed by atoms with van der Waals surface area (Å²) in [4.78, 5) is 13.6. The summed E-state index contributed by atoms with van der Waals surface area (Å²) in [6.45, 7) is 1.37. The lowest BCUT2D eigenvalue weighted by Gasteiger charge is -2.38. The first-order valence-corrected chi connectivity index (χ1v) is 9.36. The molecular formula is C21H24ClNO4. The van der Waals surface area contributed by atoms with Gasteiger partial charge in [0.15, 0.2) is 0 Å². The van der Waals surface area contributed by atoms with Gasteiger partial charge in [-0.05, 0) is 49.7 Å². The molecule has 0 bridgehead atoms. The van der Waals surface area contributed by atoms with E-state index in [9.17, 15) is 9.90 Å². The fraction of sp³-hybridized carbons (Fsp3) is 0.381. The van der Waals surface area contributed by atoms with E-state index in [0.717, 1.165) is 22.6 Å². The zero-order valence-corrected chi connectivity index (χ0v) is 16.3. The largest absolute Gasteiger partial charge is 0.497 e. The Kier molecular flexibility index (Phi) is 6.24. The van der Waals surface area contributed by atoms with Crippen molar-refractivity contribution in [2.45, 2.75) is 18.9 Å². The van der Waals surface area contributed by atoms with Crippen LogP contribution in [0.25, 0.3) is 0 Å². The molecule has 1 fully saturated rings. The molecule has 3 rings (SSSR count). The van der Waals surface area contributed by atoms with Crippen molar-refractivity contribution < 1.29 is 19.4 Å². The zero-order chi connectivity index (χ0) is 19.4. The van der Waals surface area contributed by atoms with E-state index >= 15 is 0 Å². The molecule has 0 saturated carbocycles. The molecule has 1 saturated heterocycles. The minimum atomic E-state index is -0.717. The minimum Gasteiger partial charge on any atom is -0.497 e. The van der Waals surface area contributed by atoms with Crippen molar-refractivity contribution in [2.24, 2.45) is 5.92 Å². The molecule has 1 unspecified atom stereocenters. The second-order valence-corrected chi connectivity index (χ2v) is 7.09. The van der Waals surface area contributed by atoms with E-state index in [1.165, 1.54) is 0 Å². The predicted octanol–water partition coefficient (Wildman–Crippen LogP) is 4.24. The lowest BCUT2D eigenvalue weighted by molar-refractivity contribution is -0.143. The molecule has 1 heterocycles. The number of rotatable bonds is 6. The third kappa shape index (κ3) is 4.20. The van der Waals surface area contributed by atoms with E-state index in [2.05, 4.69) is 4.90 Å². The Labute approximate surface area is 164 Å². The van der Waals surface area contributed by atoms with Crippen LogP contribution in [0.3, 0.4) is 0 Å². The van der Waals surface area contributed by atoms with Crippen LogP contribution in [0.5, 0.6) is 11.5 Å². The summed E-state index contributed by atoms with van der Waals surface area (Å²) in [6, 6.07) is 13.4. The molecule has 0 aromatic heterocycles. The van der Waals surface area contributed by atoms with Gasteiger partial charge in [-0.1, -0.05) is 29.8 Å². The topological polar surface area (TPSA) is 59.0 Å². The van der Waals surface area contributed by atoms with Crippen molar-refractivity contribution in [2.75, 3.05) is 27.3 Å². The van der Waals surface area contributed by atoms with Gasteiger partial charge in [-0.2, -0.15) is 0 Å². The van der Waals surface area contributed by atoms with Crippen LogP contribution in [-0.4, -0.2) is 43.3 Å². The molecule has 2 aromatic carbocycles. The summed E-state index contributed by atoms with van der Waals surface area (Å²) < 4.78 is 11.0. The molecule has 0 amide bonds. The van der Waals surface area contributed by atoms with Crippen LogP contribution in [-0.2, 0) is 4.79 Å². The molecule has 27 heavy (non-hydrogen) atoms. The molecule has 1 aliphatic heterocycles. The summed E-state index contributed by atoms with van der Waals surface area (Å²) in [5.74, 6) is 0.439. The van der Waals surface area contributed by atoms with Crippen LogP contribution in [0, 0.1) is 5.92 Å². The smallest absolute Gasteiger partial charge is 0.306 e. The van der Waals surface area contributed by atoms with E-state index in [4.69, 9.17) is 21.1 Å². The van der Waals surface area contributed by atoms with E-state index in [1.54, 1.807) is 14.2 Å². The van der Waals surface area contributed by atoms with Crippen molar-refractivity contribution in [1.29, 1.82) is 0 Å². The SMILES string of the molecule is COc1ccc(C(c2ccccc2Cl)N2CCC(C(=O)O)CC2)c(OC)c1. The van der Waals surface area contributed by atoms with Gasteiger partial charge >= 0.3 is 5.97 Å². The fourth-order valence-corrected chi connectivity index (χ4v) is 3.95. The van der Waals surface area contributed by atoms with E-state index < -0.39 is 5.97 Å². The highest BCUT2D eigenvalue weighted by atomic mass is 35.5. The molecule has 0 aliphatic carbocycles. The fourth-order valence-electron chi connectivity index (χ4n) is 3.71. The predicted molar refractivity (Wildman–Crippen MR) is 105 cm³/mol. The number of carboxylic acid groups (broad SMARTS) is 1. The molecule has 6 heteroatoms. The number of methoxy groups -OCH3 is 2. The number of piperidine rings is 1. The first kappa shape index (κ1) is 19.5. The van der Waals surface area contributed by atoms with Gasteiger partial charge in [0, 0.05) is 16.7 Å². The normalized spacial score (nSPS) is 16.7. The standard InChI is InChI=1S/C21H24ClNO4/c1-26-15-7-8-17(19(13-15)27-2)20(16-5-3-4-6-18(16)22)23-11-9-14(10-12-23)21(24)25/h3-8,13-14,20H,9-12H2,1-2H3,(H,24,25). The second kappa shape index (κ2) is 8.63. The van der Waals surface area contributed by atoms with Crippen molar-refractivity contribution >= 4 is 17.6 Å². The summed E-state index contributed by atoms with van der Waals surface area (Å²) in [5, 5.41) is 9.99. The first-order chi connectivity index (χ1) is 13.0. The quantitative estimate of drug-likeness (QED) is 0.800. The molecule has 5 nitrogen and oxygen atoms in total. The third-order valence-electron chi connectivity index (χ3n) is 5.18. The number of benzene rings is 2. The molecule has 1 N–H and O–H groups in total. The summed E-state index contributed by atoms with van der Waals surface area (Å²) in [6.07, 6.45) is 1.24. The molecule has 144 valence electrons. The van der Waals surface area contributed by atoms with Crippen molar-refractivity contribution in [3.8, 4) is 11.5 Å². The summed E-state index contributed by atoms with van der Waals surface area (Å²) >= 11 is 6.54. The number of nitrogens with zero attached hydrogens (tertiary/aromatic N) is 1. The highest BCUT2D eigenvalue weighted by molar-refractivity contribution is 6.31. The Morgan fingerprint density at radius 3 is 2.41 bits per heavy atom. The monoisotopic (exact) mass is 389 g/mol. The Morgan fingerprint density at radius 1 is 1.11 bits per heavy atom. The Bertz CT molecular complexity index is 803. The molecule has 1 aliphatic rings. The molecule has 1 atom stereocenters. The number of ether oxygens (including phenoxy) is 2. The summed E-state index contributed by atoms with van der Waals surface area (Å²) in [5.41, 5.74) is 1.97. The maximum absolute atomic E-state index is 11.3. The molecule has 0 radical (unpaired) electrons. The number of halogens is 1. The van der Waals surface area contributed by atoms with Crippen molar-refractivity contribution in [3.05, 3.63) is 58.6 Å². The van der Waals surface area contributed by atoms with E-state index in [0.29, 0.717) is 31.0 Å². The van der Waals surface area contributed by atoms with Crippen LogP contribution in [0.1, 0.15) is 30.0 Å². The van der Waals surface area contributed by atoms with Gasteiger partial charge in [0.05, 0.1) is 26.2 Å². The molecule has 2 aromatic rings. The van der Waals surface area contributed by atoms with Gasteiger partial charge in [-0.3, -0.25) is 9.69 Å². The van der Waals surface area contributed by atoms with Gasteiger partial charge in [0.25, 0.3) is 0 Å². The van der Waals surface area contributed by atoms with Crippen molar-refractivity contribution in [1.82, 2.24) is 4.90 Å². The molecule has 0 spiro atoms. The van der Waals surface area contributed by atoms with Gasteiger partial charge in [0.1, 0.15) is 11.5 Å². The second-order valence-electron chi connectivity index (χ2n) is 6.68. The van der Waals surface area contributed by atoms with Crippen LogP contribution < -0.4 is 9.47 Å². The Hall–Kier alpha value is -2.24. The lowest BCUT2D eigenvalue weighted by atomic mass is 9.91. The average molecular weight is 390 g/mol. The first-order valence-electron chi connectivity index (χ1n) is 8.98. The van der Waals surface area contributed by atoms with E-state index in [-0.39, 0.29) is 12.0 Å². The van der Waals surface area contributed by atoms with E-state index in [1.807, 2.05) is 42.5 Å². The van der Waals surface area contributed by atoms with Crippen molar-refractivity contribution in [3.63, 3.8) is 0 Å². The van der Waals surface area contributed by atoms with Gasteiger partial charge in [-0.15, -0.1) is 0 Å². The summed E-state index contributed by atoms with van der Waals surface area (Å²) in [7, 11) is 3.26. The van der Waals surface area contributed by atoms with Gasteiger partial charge in [0.2, 0.25) is 0 Å². The van der Waals surface area contributed by atoms with Gasteiger partial charge in [-0.25, -0.2) is 0 Å². The van der Waals surface area contributed by atoms with Crippen LogP contribution in [0.4, 0.5) is 0 Å². The lowest BCUT2D eigenvalue weighted by Crippen LogP contribution is -2.39. The van der Waals surface area contributed by atoms with Crippen LogP contribution in [0.2, 0.25) is 5.02 Å². The molecular weight excluding hydrogens is 366 g/mol. The van der Waals surface area contributed by atoms with Gasteiger partial charge < -0.3 is 14.6 Å². The maximum Gasteiger partial charge on any atom is 0.306 e. The number of hydrogen-bond donors (Lipinski definition) is 1. The number of likely N-dealkylation sites (tertiary alicyclic amines) is 1. The maximum atomic E-state index is 11.3. The van der Waals surface area contributed by atoms with Crippen LogP contribution >= 0.6 is 11.6 Å². The highest BCUT2D eigenvalue weighted by Crippen LogP contribution is 2.40. The number of hydrogen-bond acceptors (Lipinski definition) is 4. The number of aliphatic carboxylic acids is 1. The number of carbonyl (C=O) groups is 1. The minimum absolute atomic E-state index is 0.116. The third-order valence-corrected chi connectivity index (χ3v) is 5.52. The average Bonchev–Trinajstić information content (AvgIpc) is 2.70.